The van der Waals surface area contributed by atoms with Gasteiger partial charge in [0.2, 0.25) is 5.76 Å². The van der Waals surface area contributed by atoms with Gasteiger partial charge < -0.3 is 30.9 Å². The second kappa shape index (κ2) is 9.06. The molecular weight excluding hydrogens is 452 g/mol. The van der Waals surface area contributed by atoms with Crippen molar-refractivity contribution in [3.05, 3.63) is 58.8 Å². The van der Waals surface area contributed by atoms with Crippen LogP contribution in [-0.2, 0) is 4.74 Å². The van der Waals surface area contributed by atoms with E-state index in [4.69, 9.17) is 15.0 Å². The topological polar surface area (TPSA) is 162 Å². The minimum absolute atomic E-state index is 0.0153. The lowest BCUT2D eigenvalue weighted by molar-refractivity contribution is 0.00678. The Bertz CT molecular complexity index is 1440. The van der Waals surface area contributed by atoms with Crippen LogP contribution in [0.1, 0.15) is 23.4 Å². The van der Waals surface area contributed by atoms with E-state index in [0.29, 0.717) is 28.5 Å². The van der Waals surface area contributed by atoms with Gasteiger partial charge in [0.05, 0.1) is 29.7 Å². The number of hydrogen-bond donors (Lipinski definition) is 4. The third-order valence-corrected chi connectivity index (χ3v) is 5.97. The van der Waals surface area contributed by atoms with Crippen molar-refractivity contribution in [3.63, 3.8) is 0 Å². The Kier molecular flexibility index (Phi) is 5.79. The molecule has 0 saturated heterocycles. The monoisotopic (exact) mass is 476 g/mol. The number of fused-ring (bicyclic) bond motifs is 1. The van der Waals surface area contributed by atoms with Gasteiger partial charge in [-0.1, -0.05) is 5.16 Å². The lowest BCUT2D eigenvalue weighted by Gasteiger charge is -2.35. The molecular formula is C23H24N8O4. The van der Waals surface area contributed by atoms with Crippen molar-refractivity contribution in [3.8, 4) is 5.82 Å². The van der Waals surface area contributed by atoms with Crippen LogP contribution < -0.4 is 27.2 Å². The molecule has 2 atom stereocenters. The number of hydrogen-bond acceptors (Lipinski definition) is 10. The summed E-state index contributed by atoms with van der Waals surface area (Å²) in [6.07, 6.45) is 4.77. The van der Waals surface area contributed by atoms with Gasteiger partial charge in [0.25, 0.3) is 11.5 Å². The van der Waals surface area contributed by atoms with Gasteiger partial charge in [-0.25, -0.2) is 9.97 Å². The van der Waals surface area contributed by atoms with E-state index in [1.807, 2.05) is 0 Å². The Hall–Kier alpha value is -4.45. The summed E-state index contributed by atoms with van der Waals surface area (Å²) in [5.74, 6) is 0.314. The highest BCUT2D eigenvalue weighted by molar-refractivity contribution is 6.05. The second-order valence-corrected chi connectivity index (χ2v) is 8.12. The molecule has 0 bridgehead atoms. The van der Waals surface area contributed by atoms with Crippen LogP contribution in [0, 0.1) is 0 Å². The lowest BCUT2D eigenvalue weighted by atomic mass is 9.89. The zero-order chi connectivity index (χ0) is 24.5. The smallest absolute Gasteiger partial charge is 0.292 e. The van der Waals surface area contributed by atoms with E-state index < -0.39 is 5.91 Å². The predicted molar refractivity (Wildman–Crippen MR) is 130 cm³/mol. The molecule has 4 heterocycles. The van der Waals surface area contributed by atoms with Gasteiger partial charge in [0.15, 0.2) is 5.52 Å². The van der Waals surface area contributed by atoms with Crippen LogP contribution >= 0.6 is 0 Å². The number of anilines is 4. The normalized spacial score (nSPS) is 17.1. The van der Waals surface area contributed by atoms with Crippen LogP contribution in [0.2, 0.25) is 0 Å². The molecule has 0 unspecified atom stereocenters. The maximum absolute atomic E-state index is 13.1. The molecule has 0 spiro atoms. The Labute approximate surface area is 199 Å². The van der Waals surface area contributed by atoms with E-state index in [1.54, 1.807) is 50.7 Å². The average molecular weight is 476 g/mol. The first-order valence-electron chi connectivity index (χ1n) is 11.0. The largest absolute Gasteiger partial charge is 0.397 e. The number of methoxy groups -OCH3 is 1. The number of nitrogens with zero attached hydrogens (tertiary/aromatic N) is 4. The first-order chi connectivity index (χ1) is 17.0. The summed E-state index contributed by atoms with van der Waals surface area (Å²) in [7, 11) is 3.33. The molecule has 4 aromatic heterocycles. The molecule has 1 saturated carbocycles. The first kappa shape index (κ1) is 22.3. The van der Waals surface area contributed by atoms with Crippen LogP contribution in [0.15, 0.2) is 52.0 Å². The van der Waals surface area contributed by atoms with Crippen LogP contribution in [0.25, 0.3) is 16.9 Å². The quantitative estimate of drug-likeness (QED) is 0.310. The number of carbonyl (C=O) groups excluding carboxylic acids is 1. The molecule has 5 rings (SSSR count). The third kappa shape index (κ3) is 4.15. The number of nitrogens with two attached hydrogens (primary N) is 1. The predicted octanol–water partition coefficient (Wildman–Crippen LogP) is 2.04. The molecule has 1 fully saturated rings. The molecule has 1 amide bonds. The zero-order valence-corrected chi connectivity index (χ0v) is 19.1. The maximum Gasteiger partial charge on any atom is 0.292 e. The van der Waals surface area contributed by atoms with E-state index in [1.165, 1.54) is 10.8 Å². The molecule has 35 heavy (non-hydrogen) atoms. The van der Waals surface area contributed by atoms with Crippen LogP contribution in [0.4, 0.5) is 22.9 Å². The number of amides is 1. The summed E-state index contributed by atoms with van der Waals surface area (Å²) < 4.78 is 12.1. The van der Waals surface area contributed by atoms with Crippen LogP contribution in [0.3, 0.4) is 0 Å². The van der Waals surface area contributed by atoms with Crippen molar-refractivity contribution in [2.45, 2.75) is 25.0 Å². The summed E-state index contributed by atoms with van der Waals surface area (Å²) in [5, 5.41) is 13.0. The molecule has 4 aromatic rings. The lowest BCUT2D eigenvalue weighted by Crippen LogP contribution is -2.51. The van der Waals surface area contributed by atoms with Crippen molar-refractivity contribution in [2.75, 3.05) is 30.5 Å². The van der Waals surface area contributed by atoms with Gasteiger partial charge in [0, 0.05) is 26.4 Å². The van der Waals surface area contributed by atoms with Gasteiger partial charge in [-0.3, -0.25) is 14.2 Å². The van der Waals surface area contributed by atoms with Crippen molar-refractivity contribution < 1.29 is 14.1 Å². The molecule has 0 aromatic carbocycles. The number of pyridine rings is 3. The molecule has 5 N–H and O–H groups in total. The molecule has 12 heteroatoms. The van der Waals surface area contributed by atoms with Gasteiger partial charge in [-0.2, -0.15) is 0 Å². The zero-order valence-electron chi connectivity index (χ0n) is 19.1. The van der Waals surface area contributed by atoms with E-state index in [-0.39, 0.29) is 34.7 Å². The van der Waals surface area contributed by atoms with Gasteiger partial charge in [0.1, 0.15) is 22.8 Å². The molecule has 180 valence electrons. The van der Waals surface area contributed by atoms with Crippen LogP contribution in [0.5, 0.6) is 0 Å². The SMILES string of the molecule is CNc1cc(Nc2cccn(-c3ccc(N)cn3)c2=O)nc2c(C(=O)N[C@@H]3CC[C@H]3OC)onc12. The van der Waals surface area contributed by atoms with Gasteiger partial charge >= 0.3 is 0 Å². The summed E-state index contributed by atoms with van der Waals surface area (Å²) in [4.78, 5) is 34.7. The number of rotatable bonds is 7. The summed E-state index contributed by atoms with van der Waals surface area (Å²) >= 11 is 0. The van der Waals surface area contributed by atoms with E-state index in [9.17, 15) is 9.59 Å². The molecule has 0 radical (unpaired) electrons. The first-order valence-corrected chi connectivity index (χ1v) is 11.0. The third-order valence-electron chi connectivity index (χ3n) is 5.97. The fraction of sp³-hybridized carbons (Fsp3) is 0.261. The summed E-state index contributed by atoms with van der Waals surface area (Å²) in [6.45, 7) is 0. The van der Waals surface area contributed by atoms with E-state index >= 15 is 0 Å². The second-order valence-electron chi connectivity index (χ2n) is 8.12. The highest BCUT2D eigenvalue weighted by atomic mass is 16.5. The standard InChI is InChI=1S/C23H24N8O4/c1-25-15-10-17(27-14-4-3-9-31(23(14)33)18-8-5-12(24)11-26-18)29-20-19(15)30-35-21(20)22(32)28-13-6-7-16(13)34-2/h3-5,8-11,13,16,25H,6-7,24H2,1-2H3,(H,27,29)(H,28,32)/t13-,16-/m1/s1. The minimum atomic E-state index is -0.428. The van der Waals surface area contributed by atoms with Gasteiger partial charge in [-0.15, -0.1) is 0 Å². The number of aromatic nitrogens is 4. The van der Waals surface area contributed by atoms with Crippen molar-refractivity contribution >= 4 is 39.8 Å². The highest BCUT2D eigenvalue weighted by Gasteiger charge is 2.34. The van der Waals surface area contributed by atoms with Gasteiger partial charge in [-0.05, 0) is 37.1 Å². The Balaban J connectivity index is 1.48. The van der Waals surface area contributed by atoms with Crippen molar-refractivity contribution in [1.29, 1.82) is 0 Å². The number of ether oxygens (including phenoxy) is 1. The summed E-state index contributed by atoms with van der Waals surface area (Å²) in [5.41, 5.74) is 7.37. The Morgan fingerprint density at radius 1 is 1.23 bits per heavy atom. The van der Waals surface area contributed by atoms with E-state index in [2.05, 4.69) is 31.1 Å². The van der Waals surface area contributed by atoms with Crippen molar-refractivity contribution in [1.82, 2.24) is 25.0 Å². The van der Waals surface area contributed by atoms with E-state index in [0.717, 1.165) is 12.8 Å². The highest BCUT2D eigenvalue weighted by Crippen LogP contribution is 2.29. The summed E-state index contributed by atoms with van der Waals surface area (Å²) in [6, 6.07) is 8.24. The van der Waals surface area contributed by atoms with Crippen LogP contribution in [-0.4, -0.2) is 51.9 Å². The fourth-order valence-corrected chi connectivity index (χ4v) is 3.93. The molecule has 12 nitrogen and oxygen atoms in total. The molecule has 0 aliphatic heterocycles. The maximum atomic E-state index is 13.1. The average Bonchev–Trinajstić information content (AvgIpc) is 3.27. The number of carbonyl (C=O) groups is 1. The number of nitrogens with one attached hydrogen (secondary N) is 3. The minimum Gasteiger partial charge on any atom is -0.397 e. The Morgan fingerprint density at radius 2 is 2.09 bits per heavy atom. The van der Waals surface area contributed by atoms with Crippen molar-refractivity contribution in [2.24, 2.45) is 0 Å². The Morgan fingerprint density at radius 3 is 2.77 bits per heavy atom. The molecule has 1 aliphatic carbocycles. The fourth-order valence-electron chi connectivity index (χ4n) is 3.93. The molecule has 1 aliphatic rings. The number of nitrogen functional groups attached to an aromatic ring is 1.